The molecule has 156 valence electrons. The summed E-state index contributed by atoms with van der Waals surface area (Å²) in [6.07, 6.45) is 1.36. The van der Waals surface area contributed by atoms with Crippen LogP contribution in [0.4, 0.5) is 17.1 Å². The molecule has 4 heteroatoms. The van der Waals surface area contributed by atoms with Crippen LogP contribution in [-0.2, 0) is 4.79 Å². The minimum Gasteiger partial charge on any atom is -0.378 e. The van der Waals surface area contributed by atoms with Crippen LogP contribution in [0.2, 0.25) is 0 Å². The molecule has 0 unspecified atom stereocenters. The highest BCUT2D eigenvalue weighted by molar-refractivity contribution is 6.01. The zero-order chi connectivity index (χ0) is 21.4. The van der Waals surface area contributed by atoms with Crippen molar-refractivity contribution in [2.45, 2.75) is 24.8 Å². The van der Waals surface area contributed by atoms with E-state index in [9.17, 15) is 4.79 Å². The van der Waals surface area contributed by atoms with Gasteiger partial charge in [0.2, 0.25) is 0 Å². The Morgan fingerprint density at radius 2 is 1.45 bits per heavy atom. The van der Waals surface area contributed by atoms with E-state index >= 15 is 0 Å². The van der Waals surface area contributed by atoms with E-state index in [4.69, 9.17) is 0 Å². The number of carbonyl (C=O) groups is 1. The van der Waals surface area contributed by atoms with Gasteiger partial charge in [-0.2, -0.15) is 0 Å². The van der Waals surface area contributed by atoms with E-state index in [1.165, 1.54) is 5.56 Å². The Hall–Kier alpha value is -3.53. The minimum absolute atomic E-state index is 0.174. The lowest BCUT2D eigenvalue weighted by molar-refractivity contribution is -0.116. The lowest BCUT2D eigenvalue weighted by Crippen LogP contribution is -2.26. The molecule has 5 rings (SSSR count). The van der Waals surface area contributed by atoms with Crippen LogP contribution < -0.4 is 15.5 Å². The summed E-state index contributed by atoms with van der Waals surface area (Å²) in [5, 5.41) is 7.26. The molecule has 0 aromatic heterocycles. The molecule has 0 spiro atoms. The van der Waals surface area contributed by atoms with E-state index in [1.54, 1.807) is 0 Å². The second-order valence-corrected chi connectivity index (χ2v) is 8.57. The third-order valence-electron chi connectivity index (χ3n) is 6.32. The minimum atomic E-state index is -0.174. The van der Waals surface area contributed by atoms with Gasteiger partial charge in [-0.25, -0.2) is 0 Å². The first-order valence-corrected chi connectivity index (χ1v) is 10.8. The van der Waals surface area contributed by atoms with E-state index in [0.29, 0.717) is 6.42 Å². The van der Waals surface area contributed by atoms with Gasteiger partial charge in [0.25, 0.3) is 0 Å². The van der Waals surface area contributed by atoms with Crippen LogP contribution in [0.1, 0.15) is 35.9 Å². The van der Waals surface area contributed by atoms with E-state index in [0.717, 1.165) is 40.3 Å². The average Bonchev–Trinajstić information content (AvgIpc) is 2.96. The lowest BCUT2D eigenvalue weighted by atomic mass is 9.78. The molecule has 31 heavy (non-hydrogen) atoms. The number of nitrogens with zero attached hydrogens (tertiary/aromatic N) is 1. The quantitative estimate of drug-likeness (QED) is 0.580. The fourth-order valence-electron chi connectivity index (χ4n) is 4.67. The van der Waals surface area contributed by atoms with E-state index < -0.39 is 0 Å². The predicted octanol–water partition coefficient (Wildman–Crippen LogP) is 5.73. The molecule has 0 saturated heterocycles. The first-order chi connectivity index (χ1) is 15.1. The number of rotatable bonds is 3. The van der Waals surface area contributed by atoms with Crippen molar-refractivity contribution < 1.29 is 4.79 Å². The Labute approximate surface area is 183 Å². The number of allylic oxidation sites excluding steroid dienone is 1. The summed E-state index contributed by atoms with van der Waals surface area (Å²) in [7, 11) is 4.07. The van der Waals surface area contributed by atoms with Crippen molar-refractivity contribution in [3.8, 4) is 0 Å². The maximum Gasteiger partial charge on any atom is 0.163 e. The van der Waals surface area contributed by atoms with Crippen LogP contribution in [-0.4, -0.2) is 19.9 Å². The van der Waals surface area contributed by atoms with Crippen molar-refractivity contribution >= 4 is 22.8 Å². The summed E-state index contributed by atoms with van der Waals surface area (Å²) in [5.41, 5.74) is 7.39. The molecule has 3 aromatic rings. The molecule has 1 aliphatic carbocycles. The largest absolute Gasteiger partial charge is 0.378 e. The first kappa shape index (κ1) is 19.4. The number of hydrogen-bond acceptors (Lipinski definition) is 4. The molecule has 2 aliphatic rings. The van der Waals surface area contributed by atoms with Crippen molar-refractivity contribution in [1.82, 2.24) is 0 Å². The normalized spacial score (nSPS) is 20.1. The topological polar surface area (TPSA) is 44.4 Å². The number of nitrogens with one attached hydrogen (secondary N) is 2. The number of anilines is 3. The number of benzene rings is 3. The van der Waals surface area contributed by atoms with Gasteiger partial charge in [0, 0.05) is 37.5 Å². The molecule has 2 N–H and O–H groups in total. The second-order valence-electron chi connectivity index (χ2n) is 8.57. The molecular weight excluding hydrogens is 382 g/mol. The van der Waals surface area contributed by atoms with Gasteiger partial charge < -0.3 is 15.5 Å². The highest BCUT2D eigenvalue weighted by Crippen LogP contribution is 2.44. The van der Waals surface area contributed by atoms with Crippen LogP contribution in [0.5, 0.6) is 0 Å². The fourth-order valence-corrected chi connectivity index (χ4v) is 4.67. The Morgan fingerprint density at radius 1 is 0.774 bits per heavy atom. The average molecular weight is 410 g/mol. The standard InChI is InChI=1S/C27H27N3O/c1-30(2)21-14-12-19(13-15-21)27-26-24(28-22-10-6-7-11-23(22)29-27)16-20(17-25(26)31)18-8-4-3-5-9-18/h3-15,20,27-29H,16-17H2,1-2H3/t20-,27-/m0/s1. The molecule has 0 fully saturated rings. The summed E-state index contributed by atoms with van der Waals surface area (Å²) in [6.45, 7) is 0. The van der Waals surface area contributed by atoms with Gasteiger partial charge >= 0.3 is 0 Å². The highest BCUT2D eigenvalue weighted by Gasteiger charge is 2.35. The van der Waals surface area contributed by atoms with E-state index in [-0.39, 0.29) is 17.7 Å². The van der Waals surface area contributed by atoms with Crippen molar-refractivity contribution in [2.24, 2.45) is 0 Å². The molecule has 1 heterocycles. The molecule has 0 radical (unpaired) electrons. The lowest BCUT2D eigenvalue weighted by Gasteiger charge is -2.30. The van der Waals surface area contributed by atoms with Crippen LogP contribution in [0, 0.1) is 0 Å². The molecule has 0 amide bonds. The van der Waals surface area contributed by atoms with Crippen LogP contribution in [0.25, 0.3) is 0 Å². The van der Waals surface area contributed by atoms with Gasteiger partial charge in [0.15, 0.2) is 5.78 Å². The second kappa shape index (κ2) is 7.95. The Morgan fingerprint density at radius 3 is 2.16 bits per heavy atom. The Bertz CT molecular complexity index is 1130. The number of ketones is 1. The van der Waals surface area contributed by atoms with Crippen molar-refractivity contribution in [3.63, 3.8) is 0 Å². The van der Waals surface area contributed by atoms with Gasteiger partial charge in [-0.1, -0.05) is 54.6 Å². The molecule has 2 atom stereocenters. The van der Waals surface area contributed by atoms with Crippen LogP contribution in [0.15, 0.2) is 90.1 Å². The molecule has 3 aromatic carbocycles. The van der Waals surface area contributed by atoms with Crippen LogP contribution in [0.3, 0.4) is 0 Å². The van der Waals surface area contributed by atoms with Crippen molar-refractivity contribution in [2.75, 3.05) is 29.6 Å². The van der Waals surface area contributed by atoms with Crippen molar-refractivity contribution in [1.29, 1.82) is 0 Å². The predicted molar refractivity (Wildman–Crippen MR) is 128 cm³/mol. The third kappa shape index (κ3) is 3.70. The van der Waals surface area contributed by atoms with Crippen molar-refractivity contribution in [3.05, 3.63) is 101 Å². The summed E-state index contributed by atoms with van der Waals surface area (Å²) in [6, 6.07) is 26.9. The summed E-state index contributed by atoms with van der Waals surface area (Å²) in [4.78, 5) is 15.6. The Kier molecular flexibility index (Phi) is 4.99. The summed E-state index contributed by atoms with van der Waals surface area (Å²) in [5.74, 6) is 0.409. The SMILES string of the molecule is CN(C)c1ccc([C@@H]2Nc3ccccc3NC3=C2C(=O)C[C@@H](c2ccccc2)C3)cc1. The number of Topliss-reactive ketones (excluding diaryl/α,β-unsaturated/α-hetero) is 1. The zero-order valence-electron chi connectivity index (χ0n) is 17.9. The summed E-state index contributed by atoms with van der Waals surface area (Å²) < 4.78 is 0. The van der Waals surface area contributed by atoms with E-state index in [2.05, 4.69) is 76.2 Å². The maximum atomic E-state index is 13.5. The number of carbonyl (C=O) groups excluding carboxylic acids is 1. The highest BCUT2D eigenvalue weighted by atomic mass is 16.1. The molecule has 0 bridgehead atoms. The molecule has 1 aliphatic heterocycles. The van der Waals surface area contributed by atoms with Gasteiger partial charge in [-0.3, -0.25) is 4.79 Å². The van der Waals surface area contributed by atoms with Gasteiger partial charge in [0.1, 0.15) is 0 Å². The first-order valence-electron chi connectivity index (χ1n) is 10.8. The van der Waals surface area contributed by atoms with Gasteiger partial charge in [0.05, 0.1) is 17.4 Å². The number of para-hydroxylation sites is 2. The van der Waals surface area contributed by atoms with Gasteiger partial charge in [-0.15, -0.1) is 0 Å². The number of fused-ring (bicyclic) bond motifs is 1. The number of hydrogen-bond donors (Lipinski definition) is 2. The van der Waals surface area contributed by atoms with Crippen LogP contribution >= 0.6 is 0 Å². The van der Waals surface area contributed by atoms with Gasteiger partial charge in [-0.05, 0) is 47.7 Å². The Balaban J connectivity index is 1.59. The fraction of sp³-hybridized carbons (Fsp3) is 0.222. The third-order valence-corrected chi connectivity index (χ3v) is 6.32. The van der Waals surface area contributed by atoms with E-state index in [1.807, 2.05) is 32.3 Å². The maximum absolute atomic E-state index is 13.5. The molecule has 0 saturated carbocycles. The monoisotopic (exact) mass is 409 g/mol. The smallest absolute Gasteiger partial charge is 0.163 e. The molecule has 4 nitrogen and oxygen atoms in total. The summed E-state index contributed by atoms with van der Waals surface area (Å²) >= 11 is 0. The molecular formula is C27H27N3O. The zero-order valence-corrected chi connectivity index (χ0v) is 17.9.